The zero-order valence-corrected chi connectivity index (χ0v) is 12.0. The van der Waals surface area contributed by atoms with Crippen molar-refractivity contribution in [3.63, 3.8) is 0 Å². The zero-order valence-electron chi connectivity index (χ0n) is 12.0. The Balaban J connectivity index is 1.91. The molecule has 2 aliphatic carbocycles. The highest BCUT2D eigenvalue weighted by atomic mass is 15.0. The number of fused-ring (bicyclic) bond motifs is 2. The standard InChI is InChI=1S/C16H24N2/c1-11-13(6-5-9-17-11)18-14-15(2,3)12-7-8-16(14,4)10-12/h5-6,9,12,14,18H,7-8,10H2,1-4H3. The molecule has 0 saturated heterocycles. The van der Waals surface area contributed by atoms with E-state index in [2.05, 4.69) is 44.1 Å². The molecule has 3 unspecified atom stereocenters. The number of nitrogens with one attached hydrogen (secondary N) is 1. The molecule has 2 fully saturated rings. The van der Waals surface area contributed by atoms with Gasteiger partial charge in [-0.1, -0.05) is 20.8 Å². The summed E-state index contributed by atoms with van der Waals surface area (Å²) in [6.45, 7) is 9.42. The van der Waals surface area contributed by atoms with Gasteiger partial charge in [-0.05, 0) is 55.1 Å². The predicted octanol–water partition coefficient (Wildman–Crippen LogP) is 4.02. The Morgan fingerprint density at radius 1 is 1.33 bits per heavy atom. The normalized spacial score (nSPS) is 36.9. The van der Waals surface area contributed by atoms with Gasteiger partial charge in [-0.3, -0.25) is 4.98 Å². The zero-order chi connectivity index (χ0) is 13.0. The molecular formula is C16H24N2. The van der Waals surface area contributed by atoms with Crippen LogP contribution in [-0.4, -0.2) is 11.0 Å². The Morgan fingerprint density at radius 3 is 2.72 bits per heavy atom. The van der Waals surface area contributed by atoms with Crippen LogP contribution in [0.2, 0.25) is 0 Å². The Kier molecular flexibility index (Phi) is 2.48. The number of hydrogen-bond donors (Lipinski definition) is 1. The second-order valence-corrected chi connectivity index (χ2v) is 7.13. The van der Waals surface area contributed by atoms with Crippen LogP contribution in [0.5, 0.6) is 0 Å². The molecule has 2 nitrogen and oxygen atoms in total. The van der Waals surface area contributed by atoms with Crippen molar-refractivity contribution in [1.82, 2.24) is 4.98 Å². The van der Waals surface area contributed by atoms with Gasteiger partial charge >= 0.3 is 0 Å². The van der Waals surface area contributed by atoms with Crippen LogP contribution in [0.4, 0.5) is 5.69 Å². The first kappa shape index (κ1) is 12.0. The minimum atomic E-state index is 0.398. The minimum absolute atomic E-state index is 0.398. The first-order valence-corrected chi connectivity index (χ1v) is 7.12. The first-order valence-electron chi connectivity index (χ1n) is 7.12. The molecule has 18 heavy (non-hydrogen) atoms. The number of pyridine rings is 1. The second-order valence-electron chi connectivity index (χ2n) is 7.13. The van der Waals surface area contributed by atoms with Gasteiger partial charge < -0.3 is 5.32 Å². The van der Waals surface area contributed by atoms with Crippen molar-refractivity contribution in [3.8, 4) is 0 Å². The van der Waals surface area contributed by atoms with Gasteiger partial charge in [-0.25, -0.2) is 0 Å². The first-order chi connectivity index (χ1) is 8.43. The van der Waals surface area contributed by atoms with E-state index in [1.54, 1.807) is 0 Å². The van der Waals surface area contributed by atoms with E-state index in [1.807, 2.05) is 12.3 Å². The molecule has 0 amide bonds. The maximum absolute atomic E-state index is 4.39. The summed E-state index contributed by atoms with van der Waals surface area (Å²) in [4.78, 5) is 4.39. The Morgan fingerprint density at radius 2 is 2.11 bits per heavy atom. The average Bonchev–Trinajstić information content (AvgIpc) is 2.78. The molecule has 2 aliphatic rings. The molecule has 2 heteroatoms. The van der Waals surface area contributed by atoms with Crippen LogP contribution in [0.3, 0.4) is 0 Å². The fourth-order valence-electron chi connectivity index (χ4n) is 4.45. The molecule has 3 atom stereocenters. The largest absolute Gasteiger partial charge is 0.380 e. The minimum Gasteiger partial charge on any atom is -0.380 e. The molecule has 0 aliphatic heterocycles. The van der Waals surface area contributed by atoms with Crippen LogP contribution in [0, 0.1) is 23.7 Å². The summed E-state index contributed by atoms with van der Waals surface area (Å²) >= 11 is 0. The van der Waals surface area contributed by atoms with Crippen molar-refractivity contribution < 1.29 is 0 Å². The number of aromatic nitrogens is 1. The average molecular weight is 244 g/mol. The number of aryl methyl sites for hydroxylation is 1. The fourth-order valence-corrected chi connectivity index (χ4v) is 4.45. The monoisotopic (exact) mass is 244 g/mol. The van der Waals surface area contributed by atoms with Gasteiger partial charge in [0.1, 0.15) is 0 Å². The van der Waals surface area contributed by atoms with Gasteiger partial charge in [0.05, 0.1) is 11.4 Å². The van der Waals surface area contributed by atoms with Gasteiger partial charge in [0.2, 0.25) is 0 Å². The van der Waals surface area contributed by atoms with Crippen LogP contribution in [0.1, 0.15) is 45.7 Å². The summed E-state index contributed by atoms with van der Waals surface area (Å²) in [7, 11) is 0. The summed E-state index contributed by atoms with van der Waals surface area (Å²) in [5.41, 5.74) is 3.19. The molecule has 1 aromatic rings. The van der Waals surface area contributed by atoms with Crippen molar-refractivity contribution >= 4 is 5.69 Å². The highest BCUT2D eigenvalue weighted by Gasteiger charge is 2.59. The molecule has 1 aromatic heterocycles. The Bertz CT molecular complexity index is 461. The lowest BCUT2D eigenvalue weighted by molar-refractivity contribution is 0.155. The lowest BCUT2D eigenvalue weighted by Crippen LogP contribution is -2.45. The smallest absolute Gasteiger partial charge is 0.0603 e. The second kappa shape index (κ2) is 3.72. The maximum Gasteiger partial charge on any atom is 0.0603 e. The van der Waals surface area contributed by atoms with Crippen LogP contribution in [0.25, 0.3) is 0 Å². The molecule has 98 valence electrons. The molecule has 1 N–H and O–H groups in total. The molecule has 2 bridgehead atoms. The SMILES string of the molecule is Cc1ncccc1NC1C2(C)CCC(C2)C1(C)C. The van der Waals surface area contributed by atoms with Crippen LogP contribution in [-0.2, 0) is 0 Å². The van der Waals surface area contributed by atoms with Gasteiger partial charge in [-0.15, -0.1) is 0 Å². The van der Waals surface area contributed by atoms with E-state index in [0.29, 0.717) is 16.9 Å². The summed E-state index contributed by atoms with van der Waals surface area (Å²) in [5, 5.41) is 3.81. The quantitative estimate of drug-likeness (QED) is 0.850. The lowest BCUT2D eigenvalue weighted by atomic mass is 9.68. The van der Waals surface area contributed by atoms with E-state index in [1.165, 1.54) is 24.9 Å². The molecule has 0 aromatic carbocycles. The number of nitrogens with zero attached hydrogens (tertiary/aromatic N) is 1. The highest BCUT2D eigenvalue weighted by Crippen LogP contribution is 2.63. The summed E-state index contributed by atoms with van der Waals surface area (Å²) in [6.07, 6.45) is 6.04. The van der Waals surface area contributed by atoms with Gasteiger partial charge in [0.25, 0.3) is 0 Å². The summed E-state index contributed by atoms with van der Waals surface area (Å²) in [6, 6.07) is 4.76. The number of anilines is 1. The van der Waals surface area contributed by atoms with Crippen molar-refractivity contribution in [1.29, 1.82) is 0 Å². The molecule has 3 rings (SSSR count). The van der Waals surface area contributed by atoms with Crippen LogP contribution in [0.15, 0.2) is 18.3 Å². The summed E-state index contributed by atoms with van der Waals surface area (Å²) in [5.74, 6) is 0.886. The molecule has 2 saturated carbocycles. The van der Waals surface area contributed by atoms with Crippen molar-refractivity contribution in [2.24, 2.45) is 16.7 Å². The van der Waals surface area contributed by atoms with E-state index >= 15 is 0 Å². The van der Waals surface area contributed by atoms with Gasteiger partial charge in [-0.2, -0.15) is 0 Å². The number of rotatable bonds is 2. The molecule has 1 heterocycles. The maximum atomic E-state index is 4.39. The fraction of sp³-hybridized carbons (Fsp3) is 0.688. The topological polar surface area (TPSA) is 24.9 Å². The molecule has 0 spiro atoms. The third-order valence-electron chi connectivity index (χ3n) is 5.58. The molecular weight excluding hydrogens is 220 g/mol. The van der Waals surface area contributed by atoms with E-state index in [-0.39, 0.29) is 0 Å². The Labute approximate surface area is 110 Å². The predicted molar refractivity (Wildman–Crippen MR) is 75.6 cm³/mol. The molecule has 0 radical (unpaired) electrons. The highest BCUT2D eigenvalue weighted by molar-refractivity contribution is 5.49. The van der Waals surface area contributed by atoms with E-state index in [4.69, 9.17) is 0 Å². The van der Waals surface area contributed by atoms with Crippen molar-refractivity contribution in [2.45, 2.75) is 53.0 Å². The van der Waals surface area contributed by atoms with E-state index in [0.717, 1.165) is 11.6 Å². The third-order valence-corrected chi connectivity index (χ3v) is 5.58. The van der Waals surface area contributed by atoms with E-state index in [9.17, 15) is 0 Å². The van der Waals surface area contributed by atoms with Crippen LogP contribution < -0.4 is 5.32 Å². The van der Waals surface area contributed by atoms with Gasteiger partial charge in [0.15, 0.2) is 0 Å². The number of hydrogen-bond acceptors (Lipinski definition) is 2. The van der Waals surface area contributed by atoms with Gasteiger partial charge in [0, 0.05) is 12.2 Å². The van der Waals surface area contributed by atoms with E-state index < -0.39 is 0 Å². The van der Waals surface area contributed by atoms with Crippen molar-refractivity contribution in [2.75, 3.05) is 5.32 Å². The van der Waals surface area contributed by atoms with Crippen LogP contribution >= 0.6 is 0 Å². The third kappa shape index (κ3) is 1.58. The lowest BCUT2D eigenvalue weighted by Gasteiger charge is -2.43. The van der Waals surface area contributed by atoms with Crippen molar-refractivity contribution in [3.05, 3.63) is 24.0 Å². The Hall–Kier alpha value is -1.05. The summed E-state index contributed by atoms with van der Waals surface area (Å²) < 4.78 is 0.